The molecule has 1 aromatic rings. The number of ether oxygens (including phenoxy) is 1. The average molecular weight is 298 g/mol. The molecule has 1 aromatic heterocycles. The van der Waals surface area contributed by atoms with Crippen molar-refractivity contribution in [3.8, 4) is 0 Å². The van der Waals surface area contributed by atoms with Gasteiger partial charge in [0.05, 0.1) is 11.9 Å². The summed E-state index contributed by atoms with van der Waals surface area (Å²) in [5.41, 5.74) is -0.0789. The zero-order valence-corrected chi connectivity index (χ0v) is 12.6. The van der Waals surface area contributed by atoms with E-state index in [1.54, 1.807) is 11.8 Å². The highest BCUT2D eigenvalue weighted by Crippen LogP contribution is 2.37. The Morgan fingerprint density at radius 2 is 2.35 bits per heavy atom. The standard InChI is InChI=1S/C13H22N4O2S/c1-2-6-14-10-5-7-19-8-11(10)20-13-16-15-12(18)17(13)9-3-4-9/h9-11,14H,2-8H2,1H3,(H,15,18). The Morgan fingerprint density at radius 1 is 1.50 bits per heavy atom. The highest BCUT2D eigenvalue weighted by molar-refractivity contribution is 7.99. The Kier molecular flexibility index (Phi) is 4.48. The molecule has 1 saturated heterocycles. The number of nitrogens with zero attached hydrogens (tertiary/aromatic N) is 2. The minimum atomic E-state index is -0.0789. The average Bonchev–Trinajstić information content (AvgIpc) is 3.23. The van der Waals surface area contributed by atoms with Gasteiger partial charge in [0.25, 0.3) is 0 Å². The number of thioether (sulfide) groups is 1. The fourth-order valence-electron chi connectivity index (χ4n) is 2.55. The van der Waals surface area contributed by atoms with Crippen LogP contribution in [0.2, 0.25) is 0 Å². The Hall–Kier alpha value is -0.790. The van der Waals surface area contributed by atoms with E-state index in [0.29, 0.717) is 17.3 Å². The van der Waals surface area contributed by atoms with E-state index in [1.165, 1.54) is 0 Å². The van der Waals surface area contributed by atoms with Crippen molar-refractivity contribution < 1.29 is 4.74 Å². The summed E-state index contributed by atoms with van der Waals surface area (Å²) in [6, 6.07) is 0.795. The molecular formula is C13H22N4O2S. The van der Waals surface area contributed by atoms with Crippen LogP contribution in [-0.2, 0) is 4.74 Å². The summed E-state index contributed by atoms with van der Waals surface area (Å²) < 4.78 is 7.42. The predicted molar refractivity (Wildman–Crippen MR) is 78.3 cm³/mol. The second-order valence-corrected chi connectivity index (χ2v) is 6.70. The van der Waals surface area contributed by atoms with Crippen LogP contribution < -0.4 is 11.0 Å². The summed E-state index contributed by atoms with van der Waals surface area (Å²) in [5, 5.41) is 11.5. The van der Waals surface area contributed by atoms with Crippen molar-refractivity contribution in [3.63, 3.8) is 0 Å². The van der Waals surface area contributed by atoms with Crippen LogP contribution in [0.1, 0.15) is 38.6 Å². The van der Waals surface area contributed by atoms with Crippen molar-refractivity contribution in [3.05, 3.63) is 10.5 Å². The van der Waals surface area contributed by atoms with E-state index >= 15 is 0 Å². The SMILES string of the molecule is CCCNC1CCOCC1Sc1n[nH]c(=O)n1C1CC1. The molecule has 3 rings (SSSR count). The zero-order valence-electron chi connectivity index (χ0n) is 11.8. The number of aromatic nitrogens is 3. The van der Waals surface area contributed by atoms with Gasteiger partial charge in [-0.15, -0.1) is 5.10 Å². The molecule has 7 heteroatoms. The van der Waals surface area contributed by atoms with Crippen LogP contribution in [0.5, 0.6) is 0 Å². The number of hydrogen-bond donors (Lipinski definition) is 2. The fourth-order valence-corrected chi connectivity index (χ4v) is 3.83. The molecule has 112 valence electrons. The summed E-state index contributed by atoms with van der Waals surface area (Å²) in [4.78, 5) is 11.8. The lowest BCUT2D eigenvalue weighted by atomic mass is 10.1. The first kappa shape index (κ1) is 14.2. The molecule has 2 unspecified atom stereocenters. The molecule has 0 radical (unpaired) electrons. The molecule has 20 heavy (non-hydrogen) atoms. The number of hydrogen-bond acceptors (Lipinski definition) is 5. The summed E-state index contributed by atoms with van der Waals surface area (Å²) in [6.07, 6.45) is 4.33. The first-order valence-electron chi connectivity index (χ1n) is 7.44. The summed E-state index contributed by atoms with van der Waals surface area (Å²) in [6.45, 7) is 4.73. The quantitative estimate of drug-likeness (QED) is 0.824. The van der Waals surface area contributed by atoms with E-state index < -0.39 is 0 Å². The summed E-state index contributed by atoms with van der Waals surface area (Å²) in [5.74, 6) is 0. The van der Waals surface area contributed by atoms with Gasteiger partial charge in [-0.25, -0.2) is 9.89 Å². The minimum Gasteiger partial charge on any atom is -0.380 e. The van der Waals surface area contributed by atoms with Gasteiger partial charge in [0.2, 0.25) is 0 Å². The molecule has 2 aliphatic rings. The lowest BCUT2D eigenvalue weighted by Crippen LogP contribution is -2.45. The minimum absolute atomic E-state index is 0.0789. The molecule has 1 saturated carbocycles. The van der Waals surface area contributed by atoms with E-state index in [-0.39, 0.29) is 5.69 Å². The van der Waals surface area contributed by atoms with E-state index in [2.05, 4.69) is 22.4 Å². The topological polar surface area (TPSA) is 71.9 Å². The van der Waals surface area contributed by atoms with E-state index in [9.17, 15) is 4.79 Å². The van der Waals surface area contributed by atoms with Crippen molar-refractivity contribution >= 4 is 11.8 Å². The highest BCUT2D eigenvalue weighted by Gasteiger charge is 2.32. The van der Waals surface area contributed by atoms with E-state index in [4.69, 9.17) is 4.74 Å². The van der Waals surface area contributed by atoms with Crippen LogP contribution in [0.25, 0.3) is 0 Å². The van der Waals surface area contributed by atoms with E-state index in [1.807, 2.05) is 4.57 Å². The van der Waals surface area contributed by atoms with Crippen LogP contribution in [0, 0.1) is 0 Å². The lowest BCUT2D eigenvalue weighted by molar-refractivity contribution is 0.0832. The predicted octanol–water partition coefficient (Wildman–Crippen LogP) is 1.16. The van der Waals surface area contributed by atoms with Gasteiger partial charge < -0.3 is 10.1 Å². The van der Waals surface area contributed by atoms with Crippen molar-refractivity contribution in [2.24, 2.45) is 0 Å². The summed E-state index contributed by atoms with van der Waals surface area (Å²) >= 11 is 1.67. The van der Waals surface area contributed by atoms with Gasteiger partial charge in [-0.3, -0.25) is 4.57 Å². The van der Waals surface area contributed by atoms with Crippen LogP contribution in [0.4, 0.5) is 0 Å². The summed E-state index contributed by atoms with van der Waals surface area (Å²) in [7, 11) is 0. The molecule has 2 fully saturated rings. The van der Waals surface area contributed by atoms with Crippen LogP contribution in [0.3, 0.4) is 0 Å². The Morgan fingerprint density at radius 3 is 3.10 bits per heavy atom. The van der Waals surface area contributed by atoms with Gasteiger partial charge in [0.15, 0.2) is 5.16 Å². The Balaban J connectivity index is 1.70. The smallest absolute Gasteiger partial charge is 0.344 e. The number of rotatable bonds is 6. The van der Waals surface area contributed by atoms with Gasteiger partial charge in [-0.1, -0.05) is 18.7 Å². The molecule has 6 nitrogen and oxygen atoms in total. The third-order valence-electron chi connectivity index (χ3n) is 3.80. The first-order valence-corrected chi connectivity index (χ1v) is 8.32. The zero-order chi connectivity index (χ0) is 13.9. The molecule has 0 bridgehead atoms. The maximum atomic E-state index is 11.8. The number of aromatic amines is 1. The van der Waals surface area contributed by atoms with Crippen molar-refractivity contribution in [2.75, 3.05) is 19.8 Å². The molecule has 0 amide bonds. The number of H-pyrrole nitrogens is 1. The Labute approximate surface area is 122 Å². The lowest BCUT2D eigenvalue weighted by Gasteiger charge is -2.31. The van der Waals surface area contributed by atoms with Gasteiger partial charge in [-0.05, 0) is 32.2 Å². The normalized spacial score (nSPS) is 26.9. The molecular weight excluding hydrogens is 276 g/mol. The maximum absolute atomic E-state index is 11.8. The largest absolute Gasteiger partial charge is 0.380 e. The van der Waals surface area contributed by atoms with Crippen LogP contribution in [0.15, 0.2) is 9.95 Å². The third kappa shape index (κ3) is 3.10. The molecule has 0 spiro atoms. The van der Waals surface area contributed by atoms with Gasteiger partial charge in [0.1, 0.15) is 0 Å². The van der Waals surface area contributed by atoms with Crippen LogP contribution >= 0.6 is 11.8 Å². The van der Waals surface area contributed by atoms with Crippen molar-refractivity contribution in [2.45, 2.75) is 55.1 Å². The third-order valence-corrected chi connectivity index (χ3v) is 5.07. The molecule has 2 atom stereocenters. The molecule has 2 heterocycles. The fraction of sp³-hybridized carbons (Fsp3) is 0.846. The second-order valence-electron chi connectivity index (χ2n) is 5.49. The van der Waals surface area contributed by atoms with Gasteiger partial charge >= 0.3 is 5.69 Å². The molecule has 2 N–H and O–H groups in total. The molecule has 0 aromatic carbocycles. The number of nitrogens with one attached hydrogen (secondary N) is 2. The van der Waals surface area contributed by atoms with E-state index in [0.717, 1.165) is 50.6 Å². The molecule has 1 aliphatic heterocycles. The monoisotopic (exact) mass is 298 g/mol. The van der Waals surface area contributed by atoms with Gasteiger partial charge in [-0.2, -0.15) is 0 Å². The maximum Gasteiger partial charge on any atom is 0.344 e. The highest BCUT2D eigenvalue weighted by atomic mass is 32.2. The van der Waals surface area contributed by atoms with Crippen molar-refractivity contribution in [1.82, 2.24) is 20.1 Å². The van der Waals surface area contributed by atoms with Crippen molar-refractivity contribution in [1.29, 1.82) is 0 Å². The second kappa shape index (κ2) is 6.32. The molecule has 1 aliphatic carbocycles. The van der Waals surface area contributed by atoms with Crippen LogP contribution in [-0.4, -0.2) is 45.8 Å². The van der Waals surface area contributed by atoms with Gasteiger partial charge in [0, 0.05) is 18.7 Å². The Bertz CT molecular complexity index is 497. The first-order chi connectivity index (χ1) is 9.79.